The molecule has 1 unspecified atom stereocenters. The molecular weight excluding hydrogens is 414 g/mol. The molecule has 2 amide bonds. The van der Waals surface area contributed by atoms with Gasteiger partial charge < -0.3 is 19.5 Å². The van der Waals surface area contributed by atoms with Crippen molar-refractivity contribution < 1.29 is 14.3 Å². The van der Waals surface area contributed by atoms with Gasteiger partial charge in [0.05, 0.1) is 12.6 Å². The number of carbonyl (C=O) groups is 2. The third-order valence-electron chi connectivity index (χ3n) is 7.24. The molecule has 0 saturated heterocycles. The molecule has 6 nitrogen and oxygen atoms in total. The number of fused-ring (bicyclic) bond motifs is 3. The Balaban J connectivity index is 1.61. The van der Waals surface area contributed by atoms with Crippen LogP contribution in [0, 0.1) is 0 Å². The van der Waals surface area contributed by atoms with Crippen LogP contribution < -0.4 is 5.32 Å². The summed E-state index contributed by atoms with van der Waals surface area (Å²) >= 11 is 0. The first-order valence-electron chi connectivity index (χ1n) is 12.7. The van der Waals surface area contributed by atoms with E-state index in [9.17, 15) is 9.59 Å². The van der Waals surface area contributed by atoms with E-state index in [2.05, 4.69) is 5.32 Å². The van der Waals surface area contributed by atoms with E-state index >= 15 is 0 Å². The van der Waals surface area contributed by atoms with E-state index in [4.69, 9.17) is 4.74 Å². The van der Waals surface area contributed by atoms with E-state index in [0.717, 1.165) is 36.6 Å². The predicted molar refractivity (Wildman–Crippen MR) is 131 cm³/mol. The van der Waals surface area contributed by atoms with Crippen LogP contribution in [-0.2, 0) is 16.1 Å². The summed E-state index contributed by atoms with van der Waals surface area (Å²) < 4.78 is 7.76. The first-order valence-corrected chi connectivity index (χ1v) is 12.7. The molecule has 1 saturated carbocycles. The summed E-state index contributed by atoms with van der Waals surface area (Å²) in [7, 11) is 0. The molecule has 6 heteroatoms. The van der Waals surface area contributed by atoms with Crippen LogP contribution in [0.3, 0.4) is 0 Å². The molecule has 1 atom stereocenters. The van der Waals surface area contributed by atoms with Crippen LogP contribution in [0.15, 0.2) is 30.3 Å². The normalized spacial score (nSPS) is 22.3. The van der Waals surface area contributed by atoms with Crippen LogP contribution in [0.2, 0.25) is 0 Å². The summed E-state index contributed by atoms with van der Waals surface area (Å²) in [6.45, 7) is 7.50. The van der Waals surface area contributed by atoms with Gasteiger partial charge in [0.2, 0.25) is 5.91 Å². The highest BCUT2D eigenvalue weighted by Crippen LogP contribution is 2.33. The Bertz CT molecular complexity index is 974. The molecular formula is C27H39N3O3. The molecule has 2 aliphatic rings. The van der Waals surface area contributed by atoms with E-state index < -0.39 is 5.54 Å². The van der Waals surface area contributed by atoms with Gasteiger partial charge in [0.15, 0.2) is 0 Å². The number of aromatic nitrogens is 1. The largest absolute Gasteiger partial charge is 0.379 e. The molecule has 1 aliphatic heterocycles. The minimum Gasteiger partial charge on any atom is -0.379 e. The third kappa shape index (κ3) is 5.11. The summed E-state index contributed by atoms with van der Waals surface area (Å²) in [4.78, 5) is 29.3. The van der Waals surface area contributed by atoms with E-state index in [0.29, 0.717) is 31.8 Å². The summed E-state index contributed by atoms with van der Waals surface area (Å²) in [5.74, 6) is -0.105. The fourth-order valence-electron chi connectivity index (χ4n) is 5.34. The lowest BCUT2D eigenvalue weighted by molar-refractivity contribution is -0.133. The zero-order valence-corrected chi connectivity index (χ0v) is 20.4. The highest BCUT2D eigenvalue weighted by atomic mass is 16.5. The zero-order valence-electron chi connectivity index (χ0n) is 20.4. The van der Waals surface area contributed by atoms with Gasteiger partial charge >= 0.3 is 0 Å². The van der Waals surface area contributed by atoms with Crippen LogP contribution in [0.5, 0.6) is 0 Å². The third-order valence-corrected chi connectivity index (χ3v) is 7.24. The highest BCUT2D eigenvalue weighted by Gasteiger charge is 2.47. The average Bonchev–Trinajstić information content (AvgIpc) is 3.13. The summed E-state index contributed by atoms with van der Waals surface area (Å²) in [6.07, 6.45) is 8.99. The van der Waals surface area contributed by atoms with Crippen LogP contribution in [0.25, 0.3) is 10.9 Å². The molecule has 1 aromatic carbocycles. The van der Waals surface area contributed by atoms with Crippen LogP contribution in [-0.4, -0.2) is 52.1 Å². The molecule has 180 valence electrons. The van der Waals surface area contributed by atoms with Gasteiger partial charge in [-0.3, -0.25) is 9.59 Å². The van der Waals surface area contributed by atoms with Crippen molar-refractivity contribution >= 4 is 22.7 Å². The maximum absolute atomic E-state index is 13.8. The fraction of sp³-hybridized carbons (Fsp3) is 0.630. The van der Waals surface area contributed by atoms with Gasteiger partial charge in [-0.2, -0.15) is 0 Å². The predicted octanol–water partition coefficient (Wildman–Crippen LogP) is 4.90. The SMILES string of the molecule is CC(C)OCCCN1C(=O)c2cc3ccccc3n2CC1(C)C(=O)NC1CCCCCCC1. The lowest BCUT2D eigenvalue weighted by atomic mass is 9.92. The summed E-state index contributed by atoms with van der Waals surface area (Å²) in [5, 5.41) is 4.39. The van der Waals surface area contributed by atoms with Crippen LogP contribution in [0.1, 0.15) is 82.6 Å². The monoisotopic (exact) mass is 453 g/mol. The number of nitrogens with one attached hydrogen (secondary N) is 1. The molecule has 2 heterocycles. The van der Waals surface area contributed by atoms with E-state index in [-0.39, 0.29) is 24.0 Å². The maximum Gasteiger partial charge on any atom is 0.271 e. The molecule has 1 fully saturated rings. The first kappa shape index (κ1) is 23.8. The lowest BCUT2D eigenvalue weighted by Crippen LogP contribution is -2.65. The number of rotatable bonds is 7. The van der Waals surface area contributed by atoms with Gasteiger partial charge in [-0.05, 0) is 52.2 Å². The topological polar surface area (TPSA) is 63.6 Å². The molecule has 1 aliphatic carbocycles. The maximum atomic E-state index is 13.8. The van der Waals surface area contributed by atoms with Gasteiger partial charge in [-0.15, -0.1) is 0 Å². The van der Waals surface area contributed by atoms with Crippen LogP contribution in [0.4, 0.5) is 0 Å². The van der Waals surface area contributed by atoms with Crippen molar-refractivity contribution in [3.05, 3.63) is 36.0 Å². The number of benzene rings is 1. The summed E-state index contributed by atoms with van der Waals surface area (Å²) in [5.41, 5.74) is 0.734. The van der Waals surface area contributed by atoms with Gasteiger partial charge in [0.1, 0.15) is 11.2 Å². The quantitative estimate of drug-likeness (QED) is 0.607. The summed E-state index contributed by atoms with van der Waals surface area (Å²) in [6, 6.07) is 10.2. The average molecular weight is 454 g/mol. The number of para-hydroxylation sites is 1. The second kappa shape index (κ2) is 10.3. The second-order valence-corrected chi connectivity index (χ2v) is 10.2. The number of ether oxygens (including phenoxy) is 1. The van der Waals surface area contributed by atoms with Crippen molar-refractivity contribution in [1.82, 2.24) is 14.8 Å². The van der Waals surface area contributed by atoms with Crippen molar-refractivity contribution in [2.45, 2.75) is 96.4 Å². The molecule has 33 heavy (non-hydrogen) atoms. The van der Waals surface area contributed by atoms with Crippen LogP contribution >= 0.6 is 0 Å². The Hall–Kier alpha value is -2.34. The van der Waals surface area contributed by atoms with Crippen molar-refractivity contribution in [1.29, 1.82) is 0 Å². The minimum atomic E-state index is -0.938. The first-order chi connectivity index (χ1) is 15.9. The van der Waals surface area contributed by atoms with Gasteiger partial charge in [-0.25, -0.2) is 0 Å². The number of hydrogen-bond acceptors (Lipinski definition) is 3. The Labute approximate surface area is 197 Å². The van der Waals surface area contributed by atoms with Crippen molar-refractivity contribution in [2.24, 2.45) is 0 Å². The van der Waals surface area contributed by atoms with Crippen molar-refractivity contribution in [3.8, 4) is 0 Å². The lowest BCUT2D eigenvalue weighted by Gasteiger charge is -2.45. The Kier molecular flexibility index (Phi) is 7.42. The Morgan fingerprint density at radius 2 is 1.85 bits per heavy atom. The number of amides is 2. The number of nitrogens with zero attached hydrogens (tertiary/aromatic N) is 2. The molecule has 0 radical (unpaired) electrons. The zero-order chi connectivity index (χ0) is 23.4. The fourth-order valence-corrected chi connectivity index (χ4v) is 5.34. The minimum absolute atomic E-state index is 0.0327. The van der Waals surface area contributed by atoms with E-state index in [1.54, 1.807) is 4.90 Å². The second-order valence-electron chi connectivity index (χ2n) is 10.2. The Morgan fingerprint density at radius 3 is 2.58 bits per heavy atom. The molecule has 1 N–H and O–H groups in total. The molecule has 0 bridgehead atoms. The smallest absolute Gasteiger partial charge is 0.271 e. The molecule has 0 spiro atoms. The molecule has 4 rings (SSSR count). The highest BCUT2D eigenvalue weighted by molar-refractivity contribution is 6.03. The number of carbonyl (C=O) groups excluding carboxylic acids is 2. The van der Waals surface area contributed by atoms with Gasteiger partial charge in [0.25, 0.3) is 5.91 Å². The molecule has 2 aromatic rings. The Morgan fingerprint density at radius 1 is 1.15 bits per heavy atom. The van der Waals surface area contributed by atoms with Gasteiger partial charge in [-0.1, -0.05) is 50.3 Å². The standard InChI is InChI=1S/C27H39N3O3/c1-20(2)33-17-11-16-30-25(31)24-18-21-12-9-10-15-23(21)29(24)19-27(30,3)26(32)28-22-13-7-5-4-6-8-14-22/h9-10,12,15,18,20,22H,4-8,11,13-14,16-17,19H2,1-3H3,(H,28,32). The van der Waals surface area contributed by atoms with Crippen molar-refractivity contribution in [2.75, 3.05) is 13.2 Å². The van der Waals surface area contributed by atoms with E-state index in [1.165, 1.54) is 19.3 Å². The van der Waals surface area contributed by atoms with Crippen molar-refractivity contribution in [3.63, 3.8) is 0 Å². The number of hydrogen-bond donors (Lipinski definition) is 1. The van der Waals surface area contributed by atoms with E-state index in [1.807, 2.05) is 55.7 Å². The molecule has 1 aromatic heterocycles. The van der Waals surface area contributed by atoms with Gasteiger partial charge in [0, 0.05) is 30.1 Å².